The third-order valence-electron chi connectivity index (χ3n) is 5.97. The number of ether oxygens (including phenoxy) is 3. The monoisotopic (exact) mass is 465 g/mol. The highest BCUT2D eigenvalue weighted by molar-refractivity contribution is 5.09. The third kappa shape index (κ3) is 13.0. The van der Waals surface area contributed by atoms with E-state index in [1.165, 1.54) is 38.5 Å². The van der Waals surface area contributed by atoms with Gasteiger partial charge in [-0.25, -0.2) is 0 Å². The van der Waals surface area contributed by atoms with Gasteiger partial charge in [0.1, 0.15) is 0 Å². The fourth-order valence-corrected chi connectivity index (χ4v) is 3.48. The van der Waals surface area contributed by atoms with Crippen molar-refractivity contribution in [3.8, 4) is 18.0 Å². The molecule has 0 saturated heterocycles. The number of unbranched alkanes of at least 4 members (excludes halogenated alkanes) is 3. The van der Waals surface area contributed by atoms with Gasteiger partial charge >= 0.3 is 18.0 Å². The minimum absolute atomic E-state index is 0.0506. The molecule has 6 nitrogen and oxygen atoms in total. The first-order valence-electron chi connectivity index (χ1n) is 13.1. The van der Waals surface area contributed by atoms with Gasteiger partial charge in [-0.3, -0.25) is 0 Å². The standard InChI is InChI=1S/C27H51N3O3/c1-10-13-16-25(4,5)19-31-22-28-23(32-20-26(6,7)17-14-11-2)30-24(29-22)33-21-27(8,9)18-15-12-3/h10-21H2,1-9H3. The van der Waals surface area contributed by atoms with E-state index in [2.05, 4.69) is 77.3 Å². The van der Waals surface area contributed by atoms with E-state index in [0.717, 1.165) is 19.3 Å². The molecule has 0 atom stereocenters. The molecule has 0 fully saturated rings. The average Bonchev–Trinajstić information content (AvgIpc) is 2.76. The lowest BCUT2D eigenvalue weighted by atomic mass is 9.88. The van der Waals surface area contributed by atoms with Gasteiger partial charge in [0.25, 0.3) is 0 Å². The lowest BCUT2D eigenvalue weighted by Gasteiger charge is -2.25. The summed E-state index contributed by atoms with van der Waals surface area (Å²) in [6.07, 6.45) is 10.3. The molecule has 0 aliphatic rings. The van der Waals surface area contributed by atoms with Crippen molar-refractivity contribution >= 4 is 0 Å². The Bertz CT molecular complexity index is 572. The summed E-state index contributed by atoms with van der Waals surface area (Å²) in [5, 5.41) is 0. The molecule has 0 aliphatic carbocycles. The Hall–Kier alpha value is -1.59. The number of hydrogen-bond donors (Lipinski definition) is 0. The van der Waals surface area contributed by atoms with Crippen LogP contribution in [0, 0.1) is 16.2 Å². The number of nitrogens with zero attached hydrogens (tertiary/aromatic N) is 3. The van der Waals surface area contributed by atoms with Crippen LogP contribution in [-0.4, -0.2) is 34.8 Å². The van der Waals surface area contributed by atoms with E-state index in [9.17, 15) is 0 Å². The second-order valence-electron chi connectivity index (χ2n) is 11.9. The smallest absolute Gasteiger partial charge is 0.325 e. The van der Waals surface area contributed by atoms with Crippen LogP contribution in [0.25, 0.3) is 0 Å². The molecule has 192 valence electrons. The summed E-state index contributed by atoms with van der Waals surface area (Å²) in [5.41, 5.74) is 0.152. The molecule has 1 heterocycles. The number of hydrogen-bond acceptors (Lipinski definition) is 6. The molecule has 0 N–H and O–H groups in total. The van der Waals surface area contributed by atoms with Crippen molar-refractivity contribution < 1.29 is 14.2 Å². The summed E-state index contributed by atoms with van der Waals surface area (Å²) in [7, 11) is 0. The quantitative estimate of drug-likeness (QED) is 0.222. The summed E-state index contributed by atoms with van der Waals surface area (Å²) >= 11 is 0. The molecule has 0 bridgehead atoms. The van der Waals surface area contributed by atoms with E-state index >= 15 is 0 Å². The van der Waals surface area contributed by atoms with Gasteiger partial charge < -0.3 is 14.2 Å². The summed E-state index contributed by atoms with van der Waals surface area (Å²) < 4.78 is 18.1. The van der Waals surface area contributed by atoms with Crippen LogP contribution in [0.5, 0.6) is 18.0 Å². The Kier molecular flexibility index (Phi) is 12.5. The summed E-state index contributed by atoms with van der Waals surface area (Å²) in [6.45, 7) is 21.5. The molecule has 6 heteroatoms. The SMILES string of the molecule is CCCCC(C)(C)COc1nc(OCC(C)(C)CCCC)nc(OCC(C)(C)CCCC)n1. The molecular formula is C27H51N3O3. The molecule has 0 spiro atoms. The highest BCUT2D eigenvalue weighted by Crippen LogP contribution is 2.28. The van der Waals surface area contributed by atoms with Crippen molar-refractivity contribution in [2.75, 3.05) is 19.8 Å². The Labute approximate surface area is 203 Å². The van der Waals surface area contributed by atoms with Crippen molar-refractivity contribution in [1.82, 2.24) is 15.0 Å². The summed E-state index contributed by atoms with van der Waals surface area (Å²) in [5.74, 6) is 0. The Morgan fingerprint density at radius 1 is 0.485 bits per heavy atom. The van der Waals surface area contributed by atoms with Gasteiger partial charge in [-0.05, 0) is 35.5 Å². The van der Waals surface area contributed by atoms with E-state index in [0.29, 0.717) is 19.8 Å². The topological polar surface area (TPSA) is 66.4 Å². The fraction of sp³-hybridized carbons (Fsp3) is 0.889. The Balaban J connectivity index is 2.94. The lowest BCUT2D eigenvalue weighted by Crippen LogP contribution is -2.25. The van der Waals surface area contributed by atoms with Crippen molar-refractivity contribution in [2.45, 2.75) is 120 Å². The first kappa shape index (κ1) is 29.4. The summed E-state index contributed by atoms with van der Waals surface area (Å²) in [6, 6.07) is 0.826. The van der Waals surface area contributed by atoms with Crippen molar-refractivity contribution in [3.63, 3.8) is 0 Å². The van der Waals surface area contributed by atoms with E-state index < -0.39 is 0 Å². The molecule has 0 aromatic carbocycles. The first-order chi connectivity index (χ1) is 15.4. The van der Waals surface area contributed by atoms with E-state index in [4.69, 9.17) is 14.2 Å². The molecule has 0 amide bonds. The maximum Gasteiger partial charge on any atom is 0.325 e. The molecule has 0 radical (unpaired) electrons. The summed E-state index contributed by atoms with van der Waals surface area (Å²) in [4.78, 5) is 13.3. The van der Waals surface area contributed by atoms with Crippen molar-refractivity contribution in [3.05, 3.63) is 0 Å². The molecule has 1 aromatic rings. The van der Waals surface area contributed by atoms with E-state index in [-0.39, 0.29) is 34.3 Å². The number of rotatable bonds is 18. The number of aromatic nitrogens is 3. The predicted molar refractivity (Wildman–Crippen MR) is 136 cm³/mol. The minimum atomic E-state index is 0.0506. The molecule has 1 rings (SSSR count). The van der Waals surface area contributed by atoms with Gasteiger partial charge in [0.15, 0.2) is 0 Å². The minimum Gasteiger partial charge on any atom is -0.463 e. The zero-order valence-corrected chi connectivity index (χ0v) is 23.1. The van der Waals surface area contributed by atoms with E-state index in [1.807, 2.05) is 0 Å². The maximum atomic E-state index is 6.02. The largest absolute Gasteiger partial charge is 0.463 e. The molecular weight excluding hydrogens is 414 g/mol. The van der Waals surface area contributed by atoms with Crippen LogP contribution in [0.15, 0.2) is 0 Å². The Morgan fingerprint density at radius 3 is 0.939 bits per heavy atom. The zero-order chi connectivity index (χ0) is 25.0. The third-order valence-corrected chi connectivity index (χ3v) is 5.97. The first-order valence-corrected chi connectivity index (χ1v) is 13.1. The van der Waals surface area contributed by atoms with Gasteiger partial charge in [-0.15, -0.1) is 15.0 Å². The highest BCUT2D eigenvalue weighted by atomic mass is 16.5. The second kappa shape index (κ2) is 14.0. The average molecular weight is 466 g/mol. The van der Waals surface area contributed by atoms with Gasteiger partial charge in [-0.2, -0.15) is 0 Å². The highest BCUT2D eigenvalue weighted by Gasteiger charge is 2.23. The molecule has 0 aliphatic heterocycles. The normalized spacial score (nSPS) is 12.6. The lowest BCUT2D eigenvalue weighted by molar-refractivity contribution is 0.126. The predicted octanol–water partition coefficient (Wildman–Crippen LogP) is 7.66. The van der Waals surface area contributed by atoms with Gasteiger partial charge in [-0.1, -0.05) is 101 Å². The van der Waals surface area contributed by atoms with Crippen molar-refractivity contribution in [2.24, 2.45) is 16.2 Å². The van der Waals surface area contributed by atoms with Gasteiger partial charge in [0, 0.05) is 0 Å². The Morgan fingerprint density at radius 2 is 0.727 bits per heavy atom. The van der Waals surface area contributed by atoms with Crippen LogP contribution in [0.2, 0.25) is 0 Å². The molecule has 0 unspecified atom stereocenters. The van der Waals surface area contributed by atoms with Gasteiger partial charge in [0.05, 0.1) is 19.8 Å². The van der Waals surface area contributed by atoms with Crippen LogP contribution in [0.3, 0.4) is 0 Å². The van der Waals surface area contributed by atoms with Crippen molar-refractivity contribution in [1.29, 1.82) is 0 Å². The maximum absolute atomic E-state index is 6.02. The zero-order valence-electron chi connectivity index (χ0n) is 23.1. The fourth-order valence-electron chi connectivity index (χ4n) is 3.48. The molecule has 33 heavy (non-hydrogen) atoms. The van der Waals surface area contributed by atoms with Crippen LogP contribution in [0.4, 0.5) is 0 Å². The molecule has 0 saturated carbocycles. The van der Waals surface area contributed by atoms with Crippen LogP contribution in [0.1, 0.15) is 120 Å². The van der Waals surface area contributed by atoms with E-state index in [1.54, 1.807) is 0 Å². The van der Waals surface area contributed by atoms with Crippen LogP contribution < -0.4 is 14.2 Å². The van der Waals surface area contributed by atoms with Gasteiger partial charge in [0.2, 0.25) is 0 Å². The molecule has 1 aromatic heterocycles. The van der Waals surface area contributed by atoms with Crippen LogP contribution in [-0.2, 0) is 0 Å². The van der Waals surface area contributed by atoms with Crippen LogP contribution >= 0.6 is 0 Å². The second-order valence-corrected chi connectivity index (χ2v) is 11.9.